The summed E-state index contributed by atoms with van der Waals surface area (Å²) in [5.74, 6) is 0.134. The number of ether oxygens (including phenoxy) is 1. The summed E-state index contributed by atoms with van der Waals surface area (Å²) >= 11 is 3.43. The summed E-state index contributed by atoms with van der Waals surface area (Å²) in [6.07, 6.45) is 1.57. The van der Waals surface area contributed by atoms with Crippen LogP contribution in [0.1, 0.15) is 10.5 Å². The molecule has 3 aromatic rings. The fraction of sp³-hybridized carbons (Fsp3) is 0.0667. The second-order valence-electron chi connectivity index (χ2n) is 4.28. The largest absolute Gasteiger partial charge is 0.464 e. The van der Waals surface area contributed by atoms with E-state index in [9.17, 15) is 4.79 Å². The number of hydrogen-bond donors (Lipinski definition) is 0. The molecule has 0 bridgehead atoms. The normalized spacial score (nSPS) is 10.6. The van der Waals surface area contributed by atoms with Crippen LogP contribution in [0.25, 0.3) is 17.1 Å². The van der Waals surface area contributed by atoms with Gasteiger partial charge in [-0.25, -0.2) is 9.48 Å². The van der Waals surface area contributed by atoms with E-state index in [1.807, 2.05) is 30.3 Å². The molecule has 0 aliphatic carbocycles. The summed E-state index contributed by atoms with van der Waals surface area (Å²) < 4.78 is 12.7. The number of furan rings is 1. The Labute approximate surface area is 129 Å². The summed E-state index contributed by atoms with van der Waals surface area (Å²) in [6.45, 7) is 0. The fourth-order valence-electron chi connectivity index (χ4n) is 1.99. The van der Waals surface area contributed by atoms with Crippen LogP contribution in [-0.2, 0) is 4.74 Å². The molecule has 0 unspecified atom stereocenters. The lowest BCUT2D eigenvalue weighted by atomic mass is 10.2. The molecule has 0 spiro atoms. The lowest BCUT2D eigenvalue weighted by molar-refractivity contribution is 0.0593. The number of carbonyl (C=O) groups is 1. The average Bonchev–Trinajstić information content (AvgIpc) is 3.15. The molecule has 0 fully saturated rings. The number of esters is 1. The van der Waals surface area contributed by atoms with Crippen LogP contribution in [0.2, 0.25) is 0 Å². The van der Waals surface area contributed by atoms with Gasteiger partial charge in [0.1, 0.15) is 5.69 Å². The molecule has 0 amide bonds. The summed E-state index contributed by atoms with van der Waals surface area (Å²) in [7, 11) is 1.33. The van der Waals surface area contributed by atoms with E-state index in [2.05, 4.69) is 21.0 Å². The zero-order chi connectivity index (χ0) is 14.8. The van der Waals surface area contributed by atoms with E-state index < -0.39 is 5.97 Å². The van der Waals surface area contributed by atoms with Crippen LogP contribution in [0.5, 0.6) is 0 Å². The predicted octanol–water partition coefficient (Wildman–Crippen LogP) is 3.68. The third kappa shape index (κ3) is 2.62. The van der Waals surface area contributed by atoms with Gasteiger partial charge in [-0.2, -0.15) is 5.10 Å². The second kappa shape index (κ2) is 5.57. The molecule has 0 radical (unpaired) electrons. The molecule has 0 aliphatic heterocycles. The van der Waals surface area contributed by atoms with Crippen molar-refractivity contribution in [3.8, 4) is 17.1 Å². The molecule has 0 aliphatic rings. The highest BCUT2D eigenvalue weighted by Gasteiger charge is 2.18. The number of methoxy groups -OCH3 is 1. The fourth-order valence-corrected chi connectivity index (χ4v) is 2.38. The first-order valence-electron chi connectivity index (χ1n) is 6.17. The minimum atomic E-state index is -0.489. The molecule has 5 nitrogen and oxygen atoms in total. The van der Waals surface area contributed by atoms with Crippen LogP contribution >= 0.6 is 15.9 Å². The first-order chi connectivity index (χ1) is 10.2. The van der Waals surface area contributed by atoms with Gasteiger partial charge < -0.3 is 9.15 Å². The Morgan fingerprint density at radius 2 is 2.14 bits per heavy atom. The van der Waals surface area contributed by atoms with Crippen molar-refractivity contribution in [2.45, 2.75) is 0 Å². The number of rotatable bonds is 3. The molecule has 106 valence electrons. The van der Waals surface area contributed by atoms with Crippen LogP contribution in [0, 0.1) is 0 Å². The van der Waals surface area contributed by atoms with Crippen molar-refractivity contribution in [3.63, 3.8) is 0 Å². The topological polar surface area (TPSA) is 57.3 Å². The Morgan fingerprint density at radius 1 is 1.29 bits per heavy atom. The molecule has 0 saturated carbocycles. The minimum absolute atomic E-state index is 0.226. The number of nitrogens with zero attached hydrogens (tertiary/aromatic N) is 2. The molecule has 2 aromatic heterocycles. The Hall–Kier alpha value is -2.34. The molecule has 6 heteroatoms. The number of halogens is 1. The third-order valence-corrected chi connectivity index (χ3v) is 3.42. The molecule has 1 aromatic carbocycles. The standard InChI is InChI=1S/C15H11BrN2O3/c1-20-15(19)12-9-13(14-6-3-7-21-14)18(17-12)11-5-2-4-10(16)8-11/h2-9H,1H3. The van der Waals surface area contributed by atoms with Gasteiger partial charge in [0.05, 0.1) is 19.1 Å². The third-order valence-electron chi connectivity index (χ3n) is 2.93. The SMILES string of the molecule is COC(=O)c1cc(-c2ccco2)n(-c2cccc(Br)c2)n1. The van der Waals surface area contributed by atoms with Gasteiger partial charge in [-0.15, -0.1) is 0 Å². The van der Waals surface area contributed by atoms with Gasteiger partial charge in [0.25, 0.3) is 0 Å². The van der Waals surface area contributed by atoms with Gasteiger partial charge in [-0.1, -0.05) is 22.0 Å². The summed E-state index contributed by atoms with van der Waals surface area (Å²) in [4.78, 5) is 11.7. The van der Waals surface area contributed by atoms with E-state index in [1.165, 1.54) is 7.11 Å². The summed E-state index contributed by atoms with van der Waals surface area (Å²) in [6, 6.07) is 12.8. The van der Waals surface area contributed by atoms with Crippen molar-refractivity contribution in [2.24, 2.45) is 0 Å². The highest BCUT2D eigenvalue weighted by molar-refractivity contribution is 9.10. The van der Waals surface area contributed by atoms with Gasteiger partial charge >= 0.3 is 5.97 Å². The van der Waals surface area contributed by atoms with Crippen molar-refractivity contribution in [3.05, 3.63) is 58.9 Å². The molecule has 21 heavy (non-hydrogen) atoms. The second-order valence-corrected chi connectivity index (χ2v) is 5.19. The minimum Gasteiger partial charge on any atom is -0.464 e. The Bertz CT molecular complexity index is 778. The van der Waals surface area contributed by atoms with Gasteiger partial charge in [0.15, 0.2) is 11.5 Å². The maximum Gasteiger partial charge on any atom is 0.358 e. The van der Waals surface area contributed by atoms with E-state index in [-0.39, 0.29) is 5.69 Å². The quantitative estimate of drug-likeness (QED) is 0.678. The van der Waals surface area contributed by atoms with E-state index in [0.717, 1.165) is 10.2 Å². The molecule has 3 rings (SSSR count). The number of carbonyl (C=O) groups excluding carboxylic acids is 1. The molecule has 2 heterocycles. The monoisotopic (exact) mass is 346 g/mol. The number of hydrogen-bond acceptors (Lipinski definition) is 4. The molecule has 0 saturated heterocycles. The van der Waals surface area contributed by atoms with Crippen molar-refractivity contribution in [2.75, 3.05) is 7.11 Å². The number of benzene rings is 1. The lowest BCUT2D eigenvalue weighted by Crippen LogP contribution is -2.04. The maximum atomic E-state index is 11.7. The Balaban J connectivity index is 2.18. The van der Waals surface area contributed by atoms with E-state index in [1.54, 1.807) is 23.1 Å². The van der Waals surface area contributed by atoms with E-state index in [0.29, 0.717) is 11.5 Å². The Morgan fingerprint density at radius 3 is 2.81 bits per heavy atom. The number of aromatic nitrogens is 2. The first-order valence-corrected chi connectivity index (χ1v) is 6.96. The van der Waals surface area contributed by atoms with Crippen LogP contribution in [0.3, 0.4) is 0 Å². The van der Waals surface area contributed by atoms with Gasteiger partial charge in [-0.3, -0.25) is 0 Å². The van der Waals surface area contributed by atoms with Gasteiger partial charge in [-0.05, 0) is 30.3 Å². The molecular weight excluding hydrogens is 336 g/mol. The zero-order valence-electron chi connectivity index (χ0n) is 11.1. The van der Waals surface area contributed by atoms with E-state index >= 15 is 0 Å². The zero-order valence-corrected chi connectivity index (χ0v) is 12.7. The average molecular weight is 347 g/mol. The van der Waals surface area contributed by atoms with Crippen molar-refractivity contribution >= 4 is 21.9 Å². The summed E-state index contributed by atoms with van der Waals surface area (Å²) in [5.41, 5.74) is 1.72. The summed E-state index contributed by atoms with van der Waals surface area (Å²) in [5, 5.41) is 4.31. The van der Waals surface area contributed by atoms with Crippen molar-refractivity contribution < 1.29 is 13.9 Å². The first kappa shape index (κ1) is 13.6. The van der Waals surface area contributed by atoms with Gasteiger partial charge in [0, 0.05) is 10.5 Å². The molecular formula is C15H11BrN2O3. The van der Waals surface area contributed by atoms with E-state index in [4.69, 9.17) is 9.15 Å². The smallest absolute Gasteiger partial charge is 0.358 e. The molecule has 0 atom stereocenters. The Kier molecular flexibility index (Phi) is 3.62. The van der Waals surface area contributed by atoms with Gasteiger partial charge in [0.2, 0.25) is 0 Å². The van der Waals surface area contributed by atoms with Crippen molar-refractivity contribution in [1.82, 2.24) is 9.78 Å². The molecule has 0 N–H and O–H groups in total. The maximum absolute atomic E-state index is 11.7. The lowest BCUT2D eigenvalue weighted by Gasteiger charge is -2.05. The predicted molar refractivity (Wildman–Crippen MR) is 80.3 cm³/mol. The highest BCUT2D eigenvalue weighted by Crippen LogP contribution is 2.26. The highest BCUT2D eigenvalue weighted by atomic mass is 79.9. The van der Waals surface area contributed by atoms with Crippen molar-refractivity contribution in [1.29, 1.82) is 0 Å². The van der Waals surface area contributed by atoms with Crippen LogP contribution < -0.4 is 0 Å². The van der Waals surface area contributed by atoms with Crippen LogP contribution in [0.4, 0.5) is 0 Å². The van der Waals surface area contributed by atoms with Crippen LogP contribution in [0.15, 0.2) is 57.6 Å². The van der Waals surface area contributed by atoms with Crippen LogP contribution in [-0.4, -0.2) is 22.9 Å².